The minimum absolute atomic E-state index is 0.646. The normalized spacial score (nSPS) is 12.1. The Morgan fingerprint density at radius 1 is 1.67 bits per heavy atom. The average molecular weight is 279 g/mol. The van der Waals surface area contributed by atoms with Crippen molar-refractivity contribution in [3.63, 3.8) is 0 Å². The second-order valence-corrected chi connectivity index (χ2v) is 2.67. The van der Waals surface area contributed by atoms with Gasteiger partial charge in [-0.2, -0.15) is 0 Å². The Labute approximate surface area is 87.7 Å². The molecule has 0 saturated carbocycles. The molecule has 0 aliphatic heterocycles. The van der Waals surface area contributed by atoms with Gasteiger partial charge in [-0.15, -0.1) is 0 Å². The molecule has 0 atom stereocenters. The summed E-state index contributed by atoms with van der Waals surface area (Å²) in [5.41, 5.74) is 1.02. The smallest absolute Gasteiger partial charge is 0.126 e. The van der Waals surface area contributed by atoms with Crippen molar-refractivity contribution in [1.29, 1.82) is 0 Å². The minimum Gasteiger partial charge on any atom is -0.263 e. The first kappa shape index (κ1) is 11.7. The second kappa shape index (κ2) is 7.36. The molecule has 0 aromatic rings. The Balaban J connectivity index is 4.15. The molecule has 0 aliphatic carbocycles. The van der Waals surface area contributed by atoms with E-state index >= 15 is 0 Å². The summed E-state index contributed by atoms with van der Waals surface area (Å²) in [5, 5.41) is 1.73. The van der Waals surface area contributed by atoms with Gasteiger partial charge in [-0.3, -0.25) is 9.90 Å². The molecule has 2 nitrogen and oxygen atoms in total. The molecule has 0 N–H and O–H groups in total. The SMILES string of the molecule is C=C/C=C\C(=C/C)N(C)OCI. The van der Waals surface area contributed by atoms with E-state index in [1.54, 1.807) is 11.1 Å². The van der Waals surface area contributed by atoms with E-state index in [1.165, 1.54) is 0 Å². The quantitative estimate of drug-likeness (QED) is 0.332. The summed E-state index contributed by atoms with van der Waals surface area (Å²) < 4.78 is 0.646. The van der Waals surface area contributed by atoms with E-state index in [1.807, 2.05) is 32.2 Å². The van der Waals surface area contributed by atoms with Crippen LogP contribution in [0.4, 0.5) is 0 Å². The fraction of sp³-hybridized carbons (Fsp3) is 0.333. The van der Waals surface area contributed by atoms with Crippen LogP contribution in [0.15, 0.2) is 36.6 Å². The van der Waals surface area contributed by atoms with Gasteiger partial charge in [0.1, 0.15) is 4.61 Å². The third kappa shape index (κ3) is 4.56. The van der Waals surface area contributed by atoms with Crippen molar-refractivity contribution in [2.45, 2.75) is 6.92 Å². The van der Waals surface area contributed by atoms with Crippen molar-refractivity contribution in [1.82, 2.24) is 5.06 Å². The standard InChI is InChI=1S/C9H14INO/c1-4-6-7-9(5-2)11(3)12-8-10/h4-7H,1,8H2,2-3H3/b7-6-,9-5+. The molecule has 0 aromatic carbocycles. The van der Waals surface area contributed by atoms with Crippen molar-refractivity contribution in [3.8, 4) is 0 Å². The Morgan fingerprint density at radius 2 is 2.33 bits per heavy atom. The highest BCUT2D eigenvalue weighted by Gasteiger charge is 1.97. The second-order valence-electron chi connectivity index (χ2n) is 2.04. The lowest BCUT2D eigenvalue weighted by atomic mass is 10.3. The summed E-state index contributed by atoms with van der Waals surface area (Å²) in [5.74, 6) is 0. The molecule has 0 spiro atoms. The first-order valence-corrected chi connectivity index (χ1v) is 5.16. The number of allylic oxidation sites excluding steroid dienone is 4. The molecule has 0 fully saturated rings. The van der Waals surface area contributed by atoms with E-state index in [0.29, 0.717) is 4.61 Å². The van der Waals surface area contributed by atoms with Crippen molar-refractivity contribution < 1.29 is 4.84 Å². The molecule has 0 heterocycles. The lowest BCUT2D eigenvalue weighted by molar-refractivity contribution is -0.0783. The Bertz CT molecular complexity index is 187. The van der Waals surface area contributed by atoms with Crippen LogP contribution in [0, 0.1) is 0 Å². The first-order chi connectivity index (χ1) is 5.76. The van der Waals surface area contributed by atoms with Crippen LogP contribution in [-0.4, -0.2) is 16.7 Å². The zero-order valence-electron chi connectivity index (χ0n) is 7.46. The molecule has 0 radical (unpaired) electrons. The first-order valence-electron chi connectivity index (χ1n) is 3.64. The monoisotopic (exact) mass is 279 g/mol. The summed E-state index contributed by atoms with van der Waals surface area (Å²) in [6.07, 6.45) is 7.54. The number of likely N-dealkylation sites (N-methyl/N-ethyl adjacent to an activating group) is 1. The van der Waals surface area contributed by atoms with E-state index in [2.05, 4.69) is 29.2 Å². The van der Waals surface area contributed by atoms with E-state index in [-0.39, 0.29) is 0 Å². The van der Waals surface area contributed by atoms with Gasteiger partial charge in [-0.05, 0) is 13.0 Å². The molecule has 0 bridgehead atoms. The highest BCUT2D eigenvalue weighted by atomic mass is 127. The highest BCUT2D eigenvalue weighted by Crippen LogP contribution is 2.04. The van der Waals surface area contributed by atoms with Gasteiger partial charge in [0.15, 0.2) is 0 Å². The van der Waals surface area contributed by atoms with Gasteiger partial charge < -0.3 is 0 Å². The number of rotatable bonds is 5. The maximum absolute atomic E-state index is 5.26. The van der Waals surface area contributed by atoms with Crippen LogP contribution in [0.1, 0.15) is 6.92 Å². The van der Waals surface area contributed by atoms with Gasteiger partial charge in [-0.25, -0.2) is 0 Å². The predicted molar refractivity (Wildman–Crippen MR) is 60.8 cm³/mol. The summed E-state index contributed by atoms with van der Waals surface area (Å²) in [7, 11) is 1.88. The van der Waals surface area contributed by atoms with E-state index < -0.39 is 0 Å². The Hall–Kier alpha value is -0.290. The summed E-state index contributed by atoms with van der Waals surface area (Å²) in [6, 6.07) is 0. The van der Waals surface area contributed by atoms with Crippen LogP contribution < -0.4 is 0 Å². The van der Waals surface area contributed by atoms with Gasteiger partial charge in [-0.1, -0.05) is 47.4 Å². The van der Waals surface area contributed by atoms with Gasteiger partial charge >= 0.3 is 0 Å². The molecule has 0 saturated heterocycles. The Kier molecular flexibility index (Phi) is 7.19. The third-order valence-electron chi connectivity index (χ3n) is 1.30. The number of hydrogen-bond acceptors (Lipinski definition) is 2. The van der Waals surface area contributed by atoms with Gasteiger partial charge in [0, 0.05) is 7.05 Å². The predicted octanol–water partition coefficient (Wildman–Crippen LogP) is 2.89. The summed E-state index contributed by atoms with van der Waals surface area (Å²) in [6.45, 7) is 5.57. The third-order valence-corrected chi connectivity index (χ3v) is 1.58. The van der Waals surface area contributed by atoms with Crippen LogP contribution in [-0.2, 0) is 4.84 Å². The van der Waals surface area contributed by atoms with Crippen LogP contribution in [0.2, 0.25) is 0 Å². The van der Waals surface area contributed by atoms with Gasteiger partial charge in [0.2, 0.25) is 0 Å². The number of hydroxylamine groups is 2. The van der Waals surface area contributed by atoms with Crippen LogP contribution in [0.25, 0.3) is 0 Å². The highest BCUT2D eigenvalue weighted by molar-refractivity contribution is 14.1. The largest absolute Gasteiger partial charge is 0.263 e. The summed E-state index contributed by atoms with van der Waals surface area (Å²) in [4.78, 5) is 5.26. The van der Waals surface area contributed by atoms with Crippen molar-refractivity contribution in [3.05, 3.63) is 36.6 Å². The van der Waals surface area contributed by atoms with Gasteiger partial charge in [0.25, 0.3) is 0 Å². The maximum Gasteiger partial charge on any atom is 0.126 e. The van der Waals surface area contributed by atoms with E-state index in [0.717, 1.165) is 5.70 Å². The van der Waals surface area contributed by atoms with Crippen LogP contribution in [0.5, 0.6) is 0 Å². The molecule has 0 aliphatic rings. The lowest BCUT2D eigenvalue weighted by Gasteiger charge is -2.17. The zero-order chi connectivity index (χ0) is 9.40. The molecule has 0 aromatic heterocycles. The molecule has 0 rings (SSSR count). The van der Waals surface area contributed by atoms with E-state index in [9.17, 15) is 0 Å². The lowest BCUT2D eigenvalue weighted by Crippen LogP contribution is -2.15. The number of halogens is 1. The Morgan fingerprint density at radius 3 is 2.75 bits per heavy atom. The van der Waals surface area contributed by atoms with Gasteiger partial charge in [0.05, 0.1) is 5.70 Å². The molecule has 3 heteroatoms. The topological polar surface area (TPSA) is 12.5 Å². The molecule has 0 amide bonds. The van der Waals surface area contributed by atoms with Crippen molar-refractivity contribution in [2.75, 3.05) is 11.7 Å². The fourth-order valence-corrected chi connectivity index (χ4v) is 1.12. The molecule has 68 valence electrons. The van der Waals surface area contributed by atoms with Crippen LogP contribution >= 0.6 is 22.6 Å². The molecular formula is C9H14INO. The fourth-order valence-electron chi connectivity index (χ4n) is 0.697. The number of hydrogen-bond donors (Lipinski definition) is 0. The summed E-state index contributed by atoms with van der Waals surface area (Å²) >= 11 is 2.15. The van der Waals surface area contributed by atoms with Crippen LogP contribution in [0.3, 0.4) is 0 Å². The number of nitrogens with zero attached hydrogens (tertiary/aromatic N) is 1. The molecule has 0 unspecified atom stereocenters. The maximum atomic E-state index is 5.26. The van der Waals surface area contributed by atoms with E-state index in [4.69, 9.17) is 4.84 Å². The average Bonchev–Trinajstić information content (AvgIpc) is 2.06. The van der Waals surface area contributed by atoms with Crippen molar-refractivity contribution >= 4 is 22.6 Å². The zero-order valence-corrected chi connectivity index (χ0v) is 9.61. The number of alkyl halides is 1. The molecular weight excluding hydrogens is 265 g/mol. The van der Waals surface area contributed by atoms with Crippen molar-refractivity contribution in [2.24, 2.45) is 0 Å². The molecule has 12 heavy (non-hydrogen) atoms. The minimum atomic E-state index is 0.646.